The smallest absolute Gasteiger partial charge is 0.339 e. The quantitative estimate of drug-likeness (QED) is 0.184. The second-order valence-corrected chi connectivity index (χ2v) is 6.57. The van der Waals surface area contributed by atoms with Crippen LogP contribution in [0.4, 0.5) is 0 Å². The van der Waals surface area contributed by atoms with E-state index in [4.69, 9.17) is 18.9 Å². The number of benzene rings is 1. The van der Waals surface area contributed by atoms with Crippen LogP contribution in [-0.2, 0) is 28.5 Å². The molecule has 0 aromatic heterocycles. The molecule has 0 amide bonds. The number of hydrogen-bond acceptors (Lipinski definition) is 8. The fourth-order valence-corrected chi connectivity index (χ4v) is 2.45. The maximum Gasteiger partial charge on any atom is 0.339 e. The van der Waals surface area contributed by atoms with E-state index in [0.29, 0.717) is 25.7 Å². The molecule has 174 valence electrons. The van der Waals surface area contributed by atoms with Crippen LogP contribution in [0.2, 0.25) is 0 Å². The van der Waals surface area contributed by atoms with Crippen LogP contribution in [0.1, 0.15) is 60.2 Å². The number of unbranched alkanes of at least 4 members (excludes halogenated alkanes) is 2. The third-order valence-electron chi connectivity index (χ3n) is 4.00. The van der Waals surface area contributed by atoms with E-state index in [-0.39, 0.29) is 37.6 Å². The van der Waals surface area contributed by atoms with Gasteiger partial charge < -0.3 is 18.9 Å². The largest absolute Gasteiger partial charge is 0.463 e. The first-order chi connectivity index (χ1) is 15.5. The van der Waals surface area contributed by atoms with Crippen molar-refractivity contribution in [1.29, 1.82) is 0 Å². The second kappa shape index (κ2) is 16.3. The summed E-state index contributed by atoms with van der Waals surface area (Å²) in [5.74, 6) is -2.07. The Morgan fingerprint density at radius 2 is 0.969 bits per heavy atom. The summed E-state index contributed by atoms with van der Waals surface area (Å²) in [5, 5.41) is 0. The second-order valence-electron chi connectivity index (χ2n) is 6.57. The summed E-state index contributed by atoms with van der Waals surface area (Å²) in [4.78, 5) is 47.1. The number of esters is 4. The van der Waals surface area contributed by atoms with Crippen molar-refractivity contribution in [2.45, 2.75) is 39.5 Å². The van der Waals surface area contributed by atoms with Gasteiger partial charge in [-0.15, -0.1) is 0 Å². The molecule has 0 saturated carbocycles. The molecule has 0 heterocycles. The molecular formula is C24H30O8. The number of ether oxygens (including phenoxy) is 4. The van der Waals surface area contributed by atoms with Crippen molar-refractivity contribution in [2.24, 2.45) is 0 Å². The molecule has 0 spiro atoms. The van der Waals surface area contributed by atoms with Crippen molar-refractivity contribution >= 4 is 23.9 Å². The first-order valence-electron chi connectivity index (χ1n) is 10.5. The molecule has 0 radical (unpaired) electrons. The molecule has 0 aliphatic rings. The van der Waals surface area contributed by atoms with Gasteiger partial charge in [0.1, 0.15) is 0 Å². The zero-order valence-corrected chi connectivity index (χ0v) is 18.5. The Morgan fingerprint density at radius 3 is 1.31 bits per heavy atom. The van der Waals surface area contributed by atoms with E-state index in [0.717, 1.165) is 0 Å². The minimum absolute atomic E-state index is 0.122. The molecule has 8 nitrogen and oxygen atoms in total. The third-order valence-corrected chi connectivity index (χ3v) is 4.00. The number of rotatable bonds is 14. The van der Waals surface area contributed by atoms with Crippen LogP contribution in [0.3, 0.4) is 0 Å². The predicted molar refractivity (Wildman–Crippen MR) is 117 cm³/mol. The zero-order valence-electron chi connectivity index (χ0n) is 18.5. The van der Waals surface area contributed by atoms with Crippen molar-refractivity contribution in [3.63, 3.8) is 0 Å². The van der Waals surface area contributed by atoms with Gasteiger partial charge in [-0.1, -0.05) is 24.3 Å². The molecule has 32 heavy (non-hydrogen) atoms. The zero-order chi connectivity index (χ0) is 23.6. The van der Waals surface area contributed by atoms with Crippen LogP contribution in [0.5, 0.6) is 0 Å². The van der Waals surface area contributed by atoms with Gasteiger partial charge >= 0.3 is 23.9 Å². The van der Waals surface area contributed by atoms with E-state index in [1.165, 1.54) is 24.3 Å². The minimum Gasteiger partial charge on any atom is -0.463 e. The molecule has 0 saturated heterocycles. The number of hydrogen-bond donors (Lipinski definition) is 0. The SMILES string of the molecule is CC=CC(=O)OCCCCOC(=O)c1ccccc1C(=O)OCCCCOC(=O)C=CC. The van der Waals surface area contributed by atoms with Crippen molar-refractivity contribution in [2.75, 3.05) is 26.4 Å². The summed E-state index contributed by atoms with van der Waals surface area (Å²) < 4.78 is 20.3. The Morgan fingerprint density at radius 1 is 0.625 bits per heavy atom. The highest BCUT2D eigenvalue weighted by Crippen LogP contribution is 2.13. The highest BCUT2D eigenvalue weighted by atomic mass is 16.5. The topological polar surface area (TPSA) is 105 Å². The predicted octanol–water partition coefficient (Wildman–Crippen LogP) is 3.80. The molecule has 8 heteroatoms. The van der Waals surface area contributed by atoms with Crippen LogP contribution < -0.4 is 0 Å². The number of carbonyl (C=O) groups excluding carboxylic acids is 4. The van der Waals surface area contributed by atoms with Gasteiger partial charge in [0, 0.05) is 12.2 Å². The molecular weight excluding hydrogens is 416 g/mol. The molecule has 0 N–H and O–H groups in total. The van der Waals surface area contributed by atoms with E-state index >= 15 is 0 Å². The molecule has 0 aliphatic carbocycles. The lowest BCUT2D eigenvalue weighted by atomic mass is 10.1. The first-order valence-corrected chi connectivity index (χ1v) is 10.5. The fraction of sp³-hybridized carbons (Fsp3) is 0.417. The van der Waals surface area contributed by atoms with Gasteiger partial charge in [-0.25, -0.2) is 19.2 Å². The van der Waals surface area contributed by atoms with Crippen LogP contribution in [-0.4, -0.2) is 50.3 Å². The normalized spacial score (nSPS) is 10.8. The fourth-order valence-electron chi connectivity index (χ4n) is 2.45. The molecule has 0 fully saturated rings. The molecule has 1 aromatic carbocycles. The van der Waals surface area contributed by atoms with Crippen molar-refractivity contribution in [1.82, 2.24) is 0 Å². The van der Waals surface area contributed by atoms with Gasteiger partial charge in [-0.2, -0.15) is 0 Å². The maximum absolute atomic E-state index is 12.3. The lowest BCUT2D eigenvalue weighted by Crippen LogP contribution is -2.15. The van der Waals surface area contributed by atoms with Crippen LogP contribution >= 0.6 is 0 Å². The Bertz CT molecular complexity index is 743. The third kappa shape index (κ3) is 11.1. The lowest BCUT2D eigenvalue weighted by molar-refractivity contribution is -0.138. The van der Waals surface area contributed by atoms with Gasteiger partial charge in [0.15, 0.2) is 0 Å². The summed E-state index contributed by atoms with van der Waals surface area (Å²) in [5.41, 5.74) is 0.245. The van der Waals surface area contributed by atoms with E-state index in [1.807, 2.05) is 0 Å². The van der Waals surface area contributed by atoms with Crippen molar-refractivity contribution in [3.05, 3.63) is 59.7 Å². The first kappa shape index (κ1) is 26.6. The Kier molecular flexibility index (Phi) is 13.6. The highest BCUT2D eigenvalue weighted by molar-refractivity contribution is 6.03. The average Bonchev–Trinajstić information content (AvgIpc) is 2.78. The molecule has 0 atom stereocenters. The summed E-state index contributed by atoms with van der Waals surface area (Å²) >= 11 is 0. The average molecular weight is 446 g/mol. The lowest BCUT2D eigenvalue weighted by Gasteiger charge is -2.10. The Labute approximate surface area is 188 Å². The van der Waals surface area contributed by atoms with Gasteiger partial charge in [0.2, 0.25) is 0 Å². The number of allylic oxidation sites excluding steroid dienone is 2. The van der Waals surface area contributed by atoms with E-state index < -0.39 is 23.9 Å². The molecule has 1 rings (SSSR count). The Balaban J connectivity index is 2.36. The summed E-state index contributed by atoms with van der Waals surface area (Å²) in [6.07, 6.45) is 7.96. The van der Waals surface area contributed by atoms with Crippen LogP contribution in [0, 0.1) is 0 Å². The summed E-state index contributed by atoms with van der Waals surface area (Å²) in [7, 11) is 0. The molecule has 0 unspecified atom stereocenters. The van der Waals surface area contributed by atoms with E-state index in [9.17, 15) is 19.2 Å². The van der Waals surface area contributed by atoms with Crippen molar-refractivity contribution < 1.29 is 38.1 Å². The van der Waals surface area contributed by atoms with Gasteiger partial charge in [-0.3, -0.25) is 0 Å². The summed E-state index contributed by atoms with van der Waals surface area (Å²) in [6.45, 7) is 4.18. The van der Waals surface area contributed by atoms with Gasteiger partial charge in [-0.05, 0) is 51.7 Å². The minimum atomic E-state index is -0.626. The molecule has 1 aromatic rings. The number of carbonyl (C=O) groups is 4. The molecule has 0 bridgehead atoms. The maximum atomic E-state index is 12.3. The van der Waals surface area contributed by atoms with Crippen LogP contribution in [0.15, 0.2) is 48.6 Å². The highest BCUT2D eigenvalue weighted by Gasteiger charge is 2.18. The monoisotopic (exact) mass is 446 g/mol. The standard InChI is InChI=1S/C24H30O8/c1-3-11-21(25)29-15-7-9-17-31-23(27)19-13-5-6-14-20(19)24(28)32-18-10-8-16-30-22(26)12-4-2/h3-6,11-14H,7-10,15-18H2,1-2H3. The summed E-state index contributed by atoms with van der Waals surface area (Å²) in [6, 6.07) is 6.26. The Hall–Kier alpha value is -3.42. The van der Waals surface area contributed by atoms with Gasteiger partial charge in [0.05, 0.1) is 37.6 Å². The van der Waals surface area contributed by atoms with Crippen LogP contribution in [0.25, 0.3) is 0 Å². The van der Waals surface area contributed by atoms with Gasteiger partial charge in [0.25, 0.3) is 0 Å². The van der Waals surface area contributed by atoms with E-state index in [1.54, 1.807) is 38.1 Å². The van der Waals surface area contributed by atoms with E-state index in [2.05, 4.69) is 0 Å². The van der Waals surface area contributed by atoms with Crippen molar-refractivity contribution in [3.8, 4) is 0 Å². The molecule has 0 aliphatic heterocycles.